The molecule has 0 aliphatic carbocycles. The SMILES string of the molecule is COc1cncc(-c2cnc(N)c(NC3CCOCC3)n2)c1. The second-order valence-corrected chi connectivity index (χ2v) is 5.13. The van der Waals surface area contributed by atoms with Crippen LogP contribution in [-0.2, 0) is 4.74 Å². The fourth-order valence-electron chi connectivity index (χ4n) is 2.35. The van der Waals surface area contributed by atoms with E-state index in [0.717, 1.165) is 31.6 Å². The fraction of sp³-hybridized carbons (Fsp3) is 0.400. The number of pyridine rings is 1. The first kappa shape index (κ1) is 14.5. The van der Waals surface area contributed by atoms with Gasteiger partial charge in [-0.1, -0.05) is 0 Å². The summed E-state index contributed by atoms with van der Waals surface area (Å²) in [5, 5.41) is 3.36. The van der Waals surface area contributed by atoms with Crippen LogP contribution >= 0.6 is 0 Å². The van der Waals surface area contributed by atoms with E-state index in [1.165, 1.54) is 0 Å². The minimum atomic E-state index is 0.309. The van der Waals surface area contributed by atoms with Gasteiger partial charge >= 0.3 is 0 Å². The number of ether oxygens (including phenoxy) is 2. The van der Waals surface area contributed by atoms with Crippen LogP contribution in [-0.4, -0.2) is 41.3 Å². The molecule has 0 saturated carbocycles. The lowest BCUT2D eigenvalue weighted by Gasteiger charge is -2.24. The van der Waals surface area contributed by atoms with Crippen LogP contribution in [0.3, 0.4) is 0 Å². The third-order valence-electron chi connectivity index (χ3n) is 3.61. The molecule has 1 aliphatic rings. The van der Waals surface area contributed by atoms with Crippen molar-refractivity contribution in [2.24, 2.45) is 0 Å². The van der Waals surface area contributed by atoms with E-state index in [-0.39, 0.29) is 0 Å². The Morgan fingerprint density at radius 2 is 2.09 bits per heavy atom. The Balaban J connectivity index is 1.85. The molecule has 3 heterocycles. The summed E-state index contributed by atoms with van der Waals surface area (Å²) in [7, 11) is 1.60. The number of rotatable bonds is 4. The average molecular weight is 301 g/mol. The largest absolute Gasteiger partial charge is 0.495 e. The lowest BCUT2D eigenvalue weighted by Crippen LogP contribution is -2.28. The maximum absolute atomic E-state index is 5.93. The zero-order valence-electron chi connectivity index (χ0n) is 12.5. The van der Waals surface area contributed by atoms with Crippen LogP contribution in [0.4, 0.5) is 11.6 Å². The number of hydrogen-bond donors (Lipinski definition) is 2. The summed E-state index contributed by atoms with van der Waals surface area (Å²) in [4.78, 5) is 12.9. The lowest BCUT2D eigenvalue weighted by molar-refractivity contribution is 0.0904. The molecule has 3 N–H and O–H groups in total. The minimum Gasteiger partial charge on any atom is -0.495 e. The Morgan fingerprint density at radius 1 is 1.27 bits per heavy atom. The zero-order chi connectivity index (χ0) is 15.4. The van der Waals surface area contributed by atoms with Crippen LogP contribution in [0.5, 0.6) is 5.75 Å². The first-order chi connectivity index (χ1) is 10.8. The van der Waals surface area contributed by atoms with Gasteiger partial charge in [-0.2, -0.15) is 0 Å². The standard InChI is InChI=1S/C15H19N5O2/c1-21-12-6-10(7-17-8-12)13-9-18-14(16)15(20-13)19-11-2-4-22-5-3-11/h6-9,11H,2-5H2,1H3,(H2,16,18)(H,19,20). The lowest BCUT2D eigenvalue weighted by atomic mass is 10.1. The highest BCUT2D eigenvalue weighted by atomic mass is 16.5. The Kier molecular flexibility index (Phi) is 4.34. The molecule has 1 fully saturated rings. The van der Waals surface area contributed by atoms with Gasteiger partial charge in [0.05, 0.1) is 25.2 Å². The van der Waals surface area contributed by atoms with Gasteiger partial charge in [-0.25, -0.2) is 9.97 Å². The van der Waals surface area contributed by atoms with E-state index in [1.807, 2.05) is 6.07 Å². The molecule has 3 rings (SSSR count). The molecular weight excluding hydrogens is 282 g/mol. The van der Waals surface area contributed by atoms with Gasteiger partial charge in [0.2, 0.25) is 0 Å². The van der Waals surface area contributed by atoms with Crippen molar-refractivity contribution in [1.29, 1.82) is 0 Å². The van der Waals surface area contributed by atoms with Gasteiger partial charge in [-0.05, 0) is 18.9 Å². The van der Waals surface area contributed by atoms with E-state index < -0.39 is 0 Å². The molecule has 0 atom stereocenters. The maximum atomic E-state index is 5.93. The smallest absolute Gasteiger partial charge is 0.169 e. The normalized spacial score (nSPS) is 15.5. The van der Waals surface area contributed by atoms with Crippen LogP contribution in [0.1, 0.15) is 12.8 Å². The molecule has 7 nitrogen and oxygen atoms in total. The molecule has 0 amide bonds. The van der Waals surface area contributed by atoms with Gasteiger partial charge in [-0.3, -0.25) is 4.98 Å². The van der Waals surface area contributed by atoms with E-state index in [4.69, 9.17) is 15.2 Å². The van der Waals surface area contributed by atoms with Gasteiger partial charge < -0.3 is 20.5 Å². The summed E-state index contributed by atoms with van der Waals surface area (Å²) < 4.78 is 10.5. The van der Waals surface area contributed by atoms with Crippen molar-refractivity contribution in [2.75, 3.05) is 31.4 Å². The highest BCUT2D eigenvalue weighted by molar-refractivity contribution is 5.65. The molecule has 0 aromatic carbocycles. The highest BCUT2D eigenvalue weighted by Gasteiger charge is 2.16. The third-order valence-corrected chi connectivity index (χ3v) is 3.61. The highest BCUT2D eigenvalue weighted by Crippen LogP contribution is 2.24. The van der Waals surface area contributed by atoms with Crippen molar-refractivity contribution >= 4 is 11.6 Å². The van der Waals surface area contributed by atoms with Crippen molar-refractivity contribution in [1.82, 2.24) is 15.0 Å². The van der Waals surface area contributed by atoms with Gasteiger partial charge in [0.15, 0.2) is 11.6 Å². The molecule has 0 bridgehead atoms. The summed E-state index contributed by atoms with van der Waals surface area (Å²) in [6.45, 7) is 1.51. The molecule has 22 heavy (non-hydrogen) atoms. The van der Waals surface area contributed by atoms with E-state index in [2.05, 4.69) is 20.3 Å². The minimum absolute atomic E-state index is 0.309. The number of methoxy groups -OCH3 is 1. The summed E-state index contributed by atoms with van der Waals surface area (Å²) in [6, 6.07) is 2.18. The molecule has 0 spiro atoms. The number of nitrogen functional groups attached to an aromatic ring is 1. The van der Waals surface area contributed by atoms with Gasteiger partial charge in [-0.15, -0.1) is 0 Å². The van der Waals surface area contributed by atoms with Crippen molar-refractivity contribution in [3.8, 4) is 17.0 Å². The fourth-order valence-corrected chi connectivity index (χ4v) is 2.35. The maximum Gasteiger partial charge on any atom is 0.169 e. The number of anilines is 2. The Hall–Kier alpha value is -2.41. The van der Waals surface area contributed by atoms with Crippen molar-refractivity contribution < 1.29 is 9.47 Å². The van der Waals surface area contributed by atoms with E-state index >= 15 is 0 Å². The predicted octanol–water partition coefficient (Wildman–Crippen LogP) is 1.72. The van der Waals surface area contributed by atoms with Crippen LogP contribution in [0.15, 0.2) is 24.7 Å². The van der Waals surface area contributed by atoms with Crippen molar-refractivity contribution in [3.05, 3.63) is 24.7 Å². The van der Waals surface area contributed by atoms with Crippen LogP contribution in [0, 0.1) is 0 Å². The molecule has 0 unspecified atom stereocenters. The summed E-state index contributed by atoms with van der Waals surface area (Å²) in [6.07, 6.45) is 6.88. The molecule has 7 heteroatoms. The first-order valence-electron chi connectivity index (χ1n) is 7.22. The first-order valence-corrected chi connectivity index (χ1v) is 7.22. The van der Waals surface area contributed by atoms with Crippen molar-refractivity contribution in [2.45, 2.75) is 18.9 Å². The van der Waals surface area contributed by atoms with Gasteiger partial charge in [0.1, 0.15) is 5.75 Å². The van der Waals surface area contributed by atoms with E-state index in [9.17, 15) is 0 Å². The monoisotopic (exact) mass is 301 g/mol. The quantitative estimate of drug-likeness (QED) is 0.887. The third kappa shape index (κ3) is 3.25. The van der Waals surface area contributed by atoms with E-state index in [0.29, 0.717) is 29.1 Å². The Morgan fingerprint density at radius 3 is 2.86 bits per heavy atom. The molecule has 116 valence electrons. The van der Waals surface area contributed by atoms with Crippen LogP contribution in [0.2, 0.25) is 0 Å². The van der Waals surface area contributed by atoms with Gasteiger partial charge in [0.25, 0.3) is 0 Å². The molecule has 0 radical (unpaired) electrons. The second-order valence-electron chi connectivity index (χ2n) is 5.13. The van der Waals surface area contributed by atoms with Crippen molar-refractivity contribution in [3.63, 3.8) is 0 Å². The number of nitrogens with one attached hydrogen (secondary N) is 1. The predicted molar refractivity (Wildman–Crippen MR) is 83.7 cm³/mol. The van der Waals surface area contributed by atoms with Crippen LogP contribution < -0.4 is 15.8 Å². The Bertz CT molecular complexity index is 644. The molecular formula is C15H19N5O2. The number of aromatic nitrogens is 3. The summed E-state index contributed by atoms with van der Waals surface area (Å²) in [5.41, 5.74) is 7.47. The average Bonchev–Trinajstić information content (AvgIpc) is 2.58. The molecule has 1 saturated heterocycles. The molecule has 2 aromatic rings. The zero-order valence-corrected chi connectivity index (χ0v) is 12.5. The second kappa shape index (κ2) is 6.57. The van der Waals surface area contributed by atoms with E-state index in [1.54, 1.807) is 25.7 Å². The number of hydrogen-bond acceptors (Lipinski definition) is 7. The Labute approximate surface area is 128 Å². The van der Waals surface area contributed by atoms with Gasteiger partial charge in [0, 0.05) is 31.0 Å². The molecule has 1 aliphatic heterocycles. The number of nitrogens with two attached hydrogens (primary N) is 1. The summed E-state index contributed by atoms with van der Waals surface area (Å²) >= 11 is 0. The van der Waals surface area contributed by atoms with Crippen LogP contribution in [0.25, 0.3) is 11.3 Å². The molecule has 2 aromatic heterocycles. The number of nitrogens with zero attached hydrogens (tertiary/aromatic N) is 3. The summed E-state index contributed by atoms with van der Waals surface area (Å²) in [5.74, 6) is 1.67. The topological polar surface area (TPSA) is 95.2 Å².